The van der Waals surface area contributed by atoms with Crippen LogP contribution in [0.1, 0.15) is 36.8 Å². The fourth-order valence-electron chi connectivity index (χ4n) is 4.04. The summed E-state index contributed by atoms with van der Waals surface area (Å²) < 4.78 is 28.3. The summed E-state index contributed by atoms with van der Waals surface area (Å²) in [6, 6.07) is 16.1. The van der Waals surface area contributed by atoms with Gasteiger partial charge in [-0.05, 0) is 48.9 Å². The molecule has 0 radical (unpaired) electrons. The Morgan fingerprint density at radius 1 is 1.04 bits per heavy atom. The maximum Gasteiger partial charge on any atom is 0.252 e. The molecule has 0 saturated heterocycles. The highest BCUT2D eigenvalue weighted by atomic mass is 32.2. The second kappa shape index (κ2) is 7.53. The van der Waals surface area contributed by atoms with Crippen molar-refractivity contribution in [2.24, 2.45) is 0 Å². The van der Waals surface area contributed by atoms with E-state index in [9.17, 15) is 13.2 Å². The second-order valence-corrected chi connectivity index (χ2v) is 9.35. The smallest absolute Gasteiger partial charge is 0.252 e. The Morgan fingerprint density at radius 3 is 2.46 bits per heavy atom. The van der Waals surface area contributed by atoms with Crippen molar-refractivity contribution >= 4 is 20.9 Å². The van der Waals surface area contributed by atoms with Gasteiger partial charge < -0.3 is 4.98 Å². The molecular weight excluding hydrogens is 372 g/mol. The Hall–Kier alpha value is -2.44. The first-order valence-corrected chi connectivity index (χ1v) is 11.1. The van der Waals surface area contributed by atoms with E-state index in [1.165, 1.54) is 4.31 Å². The first-order chi connectivity index (χ1) is 13.5. The van der Waals surface area contributed by atoms with E-state index in [0.29, 0.717) is 5.56 Å². The zero-order valence-electron chi connectivity index (χ0n) is 15.9. The van der Waals surface area contributed by atoms with Crippen molar-refractivity contribution in [3.63, 3.8) is 0 Å². The van der Waals surface area contributed by atoms with Crippen LogP contribution >= 0.6 is 0 Å². The Kier molecular flexibility index (Phi) is 5.08. The fourth-order valence-corrected chi connectivity index (χ4v) is 5.73. The second-order valence-electron chi connectivity index (χ2n) is 7.46. The molecule has 4 rings (SSSR count). The summed E-state index contributed by atoms with van der Waals surface area (Å²) in [5.74, 6) is 0. The Labute approximate surface area is 165 Å². The van der Waals surface area contributed by atoms with Crippen molar-refractivity contribution in [2.75, 3.05) is 0 Å². The van der Waals surface area contributed by atoms with Crippen LogP contribution in [0.4, 0.5) is 0 Å². The van der Waals surface area contributed by atoms with Gasteiger partial charge in [-0.25, -0.2) is 8.42 Å². The molecule has 1 fully saturated rings. The lowest BCUT2D eigenvalue weighted by Gasteiger charge is -2.28. The van der Waals surface area contributed by atoms with Crippen LogP contribution in [0.25, 0.3) is 10.9 Å². The van der Waals surface area contributed by atoms with Gasteiger partial charge in [-0.3, -0.25) is 4.79 Å². The van der Waals surface area contributed by atoms with E-state index in [0.717, 1.165) is 42.1 Å². The molecule has 0 amide bonds. The number of benzene rings is 2. The van der Waals surface area contributed by atoms with Crippen molar-refractivity contribution in [1.82, 2.24) is 9.29 Å². The molecule has 146 valence electrons. The molecule has 0 spiro atoms. The van der Waals surface area contributed by atoms with Crippen LogP contribution in [0.3, 0.4) is 0 Å². The number of hydrogen-bond donors (Lipinski definition) is 1. The van der Waals surface area contributed by atoms with Crippen LogP contribution < -0.4 is 5.56 Å². The SMILES string of the molecule is Cc1cccc2cc(CN(C3CCCC3)S(=O)(=O)c3ccccc3)c(=O)[nH]c12. The number of para-hydroxylation sites is 1. The first kappa shape index (κ1) is 18.9. The largest absolute Gasteiger partial charge is 0.321 e. The minimum atomic E-state index is -3.68. The van der Waals surface area contributed by atoms with E-state index in [-0.39, 0.29) is 23.0 Å². The van der Waals surface area contributed by atoms with Gasteiger partial charge in [0.25, 0.3) is 5.56 Å². The summed E-state index contributed by atoms with van der Waals surface area (Å²) in [6.45, 7) is 2.03. The molecule has 1 N–H and O–H groups in total. The average Bonchev–Trinajstić information content (AvgIpc) is 3.22. The highest BCUT2D eigenvalue weighted by molar-refractivity contribution is 7.89. The van der Waals surface area contributed by atoms with Crippen LogP contribution in [-0.4, -0.2) is 23.7 Å². The van der Waals surface area contributed by atoms with Crippen LogP contribution in [-0.2, 0) is 16.6 Å². The van der Waals surface area contributed by atoms with Crippen LogP contribution in [0, 0.1) is 6.92 Å². The monoisotopic (exact) mass is 396 g/mol. The highest BCUT2D eigenvalue weighted by Gasteiger charge is 2.33. The summed E-state index contributed by atoms with van der Waals surface area (Å²) in [6.07, 6.45) is 3.69. The van der Waals surface area contributed by atoms with Gasteiger partial charge in [0.1, 0.15) is 0 Å². The van der Waals surface area contributed by atoms with Crippen molar-refractivity contribution in [2.45, 2.75) is 50.1 Å². The van der Waals surface area contributed by atoms with E-state index in [2.05, 4.69) is 4.98 Å². The number of sulfonamides is 1. The molecule has 1 saturated carbocycles. The van der Waals surface area contributed by atoms with E-state index in [1.807, 2.05) is 31.2 Å². The predicted molar refractivity (Wildman–Crippen MR) is 111 cm³/mol. The van der Waals surface area contributed by atoms with Gasteiger partial charge in [-0.1, -0.05) is 49.2 Å². The molecule has 0 bridgehead atoms. The summed E-state index contributed by atoms with van der Waals surface area (Å²) in [5, 5.41) is 0.915. The molecule has 1 aliphatic rings. The maximum atomic E-state index is 13.4. The highest BCUT2D eigenvalue weighted by Crippen LogP contribution is 2.30. The minimum Gasteiger partial charge on any atom is -0.321 e. The molecule has 3 aromatic rings. The van der Waals surface area contributed by atoms with Crippen LogP contribution in [0.15, 0.2) is 64.3 Å². The molecule has 1 heterocycles. The third-order valence-electron chi connectivity index (χ3n) is 5.57. The molecular formula is C22H24N2O3S. The number of pyridine rings is 1. The fraction of sp³-hybridized carbons (Fsp3) is 0.318. The number of fused-ring (bicyclic) bond motifs is 1. The lowest BCUT2D eigenvalue weighted by Crippen LogP contribution is -2.39. The first-order valence-electron chi connectivity index (χ1n) is 9.65. The molecule has 28 heavy (non-hydrogen) atoms. The number of H-pyrrole nitrogens is 1. The predicted octanol–water partition coefficient (Wildman–Crippen LogP) is 3.97. The van der Waals surface area contributed by atoms with Gasteiger partial charge >= 0.3 is 0 Å². The lowest BCUT2D eigenvalue weighted by atomic mass is 10.1. The average molecular weight is 397 g/mol. The molecule has 0 unspecified atom stereocenters. The maximum absolute atomic E-state index is 13.4. The quantitative estimate of drug-likeness (QED) is 0.709. The van der Waals surface area contributed by atoms with Crippen LogP contribution in [0.5, 0.6) is 0 Å². The number of aromatic nitrogens is 1. The van der Waals surface area contributed by atoms with Crippen molar-refractivity contribution in [3.8, 4) is 0 Å². The summed E-state index contributed by atoms with van der Waals surface area (Å²) in [7, 11) is -3.68. The molecule has 5 nitrogen and oxygen atoms in total. The Balaban J connectivity index is 1.78. The molecule has 1 aliphatic carbocycles. The van der Waals surface area contributed by atoms with Crippen molar-refractivity contribution < 1.29 is 8.42 Å². The zero-order valence-corrected chi connectivity index (χ0v) is 16.7. The number of aryl methyl sites for hydroxylation is 1. The van der Waals surface area contributed by atoms with Gasteiger partial charge in [0.2, 0.25) is 10.0 Å². The lowest BCUT2D eigenvalue weighted by molar-refractivity contribution is 0.315. The third kappa shape index (κ3) is 3.50. The number of nitrogens with zero attached hydrogens (tertiary/aromatic N) is 1. The van der Waals surface area contributed by atoms with E-state index < -0.39 is 10.0 Å². The topological polar surface area (TPSA) is 70.2 Å². The van der Waals surface area contributed by atoms with E-state index in [1.54, 1.807) is 30.3 Å². The number of rotatable bonds is 5. The molecule has 0 atom stereocenters. The minimum absolute atomic E-state index is 0.0715. The third-order valence-corrected chi connectivity index (χ3v) is 7.49. The van der Waals surface area contributed by atoms with Gasteiger partial charge in [-0.15, -0.1) is 0 Å². The molecule has 0 aliphatic heterocycles. The van der Waals surface area contributed by atoms with Crippen LogP contribution in [0.2, 0.25) is 0 Å². The molecule has 6 heteroatoms. The van der Waals surface area contributed by atoms with E-state index >= 15 is 0 Å². The Morgan fingerprint density at radius 2 is 1.75 bits per heavy atom. The Bertz CT molecular complexity index is 1150. The van der Waals surface area contributed by atoms with Gasteiger partial charge in [0.15, 0.2) is 0 Å². The number of aromatic amines is 1. The molecule has 2 aromatic carbocycles. The molecule has 1 aromatic heterocycles. The van der Waals surface area contributed by atoms with Crippen molar-refractivity contribution in [3.05, 3.63) is 76.1 Å². The van der Waals surface area contributed by atoms with Crippen molar-refractivity contribution in [1.29, 1.82) is 0 Å². The number of nitrogens with one attached hydrogen (secondary N) is 1. The van der Waals surface area contributed by atoms with Gasteiger partial charge in [0, 0.05) is 18.2 Å². The standard InChI is InChI=1S/C22H24N2O3S/c1-16-8-7-9-17-14-18(22(25)23-21(16)17)15-24(19-10-5-6-11-19)28(26,27)20-12-3-2-4-13-20/h2-4,7-9,12-14,19H,5-6,10-11,15H2,1H3,(H,23,25). The number of hydrogen-bond acceptors (Lipinski definition) is 3. The normalized spacial score (nSPS) is 15.5. The summed E-state index contributed by atoms with van der Waals surface area (Å²) in [5.41, 5.74) is 2.04. The van der Waals surface area contributed by atoms with E-state index in [4.69, 9.17) is 0 Å². The summed E-state index contributed by atoms with van der Waals surface area (Å²) >= 11 is 0. The summed E-state index contributed by atoms with van der Waals surface area (Å²) in [4.78, 5) is 15.9. The van der Waals surface area contributed by atoms with Gasteiger partial charge in [0.05, 0.1) is 10.4 Å². The van der Waals surface area contributed by atoms with Gasteiger partial charge in [-0.2, -0.15) is 4.31 Å². The zero-order chi connectivity index (χ0) is 19.7.